The maximum Gasteiger partial charge on any atom is 0.420 e. The molecule has 6 nitrogen and oxygen atoms in total. The topological polar surface area (TPSA) is 66.7 Å². The van der Waals surface area contributed by atoms with Crippen LogP contribution in [0.5, 0.6) is 0 Å². The monoisotopic (exact) mass is 534 g/mol. The number of carbonyl (C=O) groups excluding carboxylic acids is 2. The number of ketones is 1. The molecule has 1 fully saturated rings. The fraction of sp³-hybridized carbons (Fsp3) is 0.346. The summed E-state index contributed by atoms with van der Waals surface area (Å²) in [6, 6.07) is 6.62. The highest BCUT2D eigenvalue weighted by atomic mass is 35.5. The van der Waals surface area contributed by atoms with E-state index in [1.54, 1.807) is 18.2 Å². The Balaban J connectivity index is 1.50. The first-order valence-corrected chi connectivity index (χ1v) is 12.2. The van der Waals surface area contributed by atoms with Crippen molar-refractivity contribution in [1.29, 1.82) is 0 Å². The molecule has 194 valence electrons. The summed E-state index contributed by atoms with van der Waals surface area (Å²) in [5, 5.41) is 2.79. The van der Waals surface area contributed by atoms with Crippen LogP contribution in [0, 0.1) is 5.82 Å². The molecule has 2 aliphatic rings. The summed E-state index contributed by atoms with van der Waals surface area (Å²) in [7, 11) is 0. The SMILES string of the molecule is CC(=O)C1CC(c2cc(C(F)(F)F)c3nc(C(=O)N4CCC(c5cccc(F)c5)C4)c(Cl)n3c2)=CCN1. The Morgan fingerprint density at radius 3 is 2.70 bits per heavy atom. The average molecular weight is 535 g/mol. The predicted molar refractivity (Wildman–Crippen MR) is 130 cm³/mol. The number of likely N-dealkylation sites (tertiary alicyclic amines) is 1. The van der Waals surface area contributed by atoms with Gasteiger partial charge in [-0.15, -0.1) is 0 Å². The van der Waals surface area contributed by atoms with Crippen molar-refractivity contribution >= 4 is 34.5 Å². The molecule has 0 bridgehead atoms. The molecule has 0 saturated carbocycles. The normalized spacial score (nSPS) is 20.4. The number of imidazole rings is 1. The van der Waals surface area contributed by atoms with E-state index in [0.717, 1.165) is 16.0 Å². The van der Waals surface area contributed by atoms with E-state index in [1.165, 1.54) is 30.2 Å². The number of fused-ring (bicyclic) bond motifs is 1. The maximum absolute atomic E-state index is 14.1. The molecule has 2 unspecified atom stereocenters. The molecule has 5 rings (SSSR count). The van der Waals surface area contributed by atoms with Crippen molar-refractivity contribution in [1.82, 2.24) is 19.6 Å². The minimum absolute atomic E-state index is 0.103. The molecule has 2 aliphatic heterocycles. The smallest absolute Gasteiger partial charge is 0.337 e. The van der Waals surface area contributed by atoms with Crippen LogP contribution in [0.4, 0.5) is 17.6 Å². The van der Waals surface area contributed by atoms with Crippen molar-refractivity contribution in [2.24, 2.45) is 0 Å². The van der Waals surface area contributed by atoms with Gasteiger partial charge in [0.05, 0.1) is 11.6 Å². The first kappa shape index (κ1) is 25.4. The summed E-state index contributed by atoms with van der Waals surface area (Å²) in [5.41, 5.74) is -0.198. The van der Waals surface area contributed by atoms with Crippen LogP contribution in [0.1, 0.15) is 52.9 Å². The second-order valence-electron chi connectivity index (χ2n) is 9.38. The zero-order valence-electron chi connectivity index (χ0n) is 19.8. The molecular weight excluding hydrogens is 512 g/mol. The van der Waals surface area contributed by atoms with E-state index in [1.807, 2.05) is 0 Å². The standard InChI is InChI=1S/C26H23ClF4N4O2/c1-14(36)21-11-16(5-7-32-21)18-10-20(26(29,30)31)24-33-22(23(27)35(24)13-18)25(37)34-8-6-17(12-34)15-3-2-4-19(28)9-15/h2-5,9-10,13,17,21,32H,6-8,11-12H2,1H3. The number of hydrogen-bond donors (Lipinski definition) is 1. The van der Waals surface area contributed by atoms with Crippen LogP contribution >= 0.6 is 11.6 Å². The van der Waals surface area contributed by atoms with Crippen molar-refractivity contribution in [3.63, 3.8) is 0 Å². The summed E-state index contributed by atoms with van der Waals surface area (Å²) in [4.78, 5) is 30.7. The zero-order valence-corrected chi connectivity index (χ0v) is 20.5. The van der Waals surface area contributed by atoms with Crippen molar-refractivity contribution in [2.75, 3.05) is 19.6 Å². The number of benzene rings is 1. The Labute approximate surface area is 214 Å². The number of alkyl halides is 3. The lowest BCUT2D eigenvalue weighted by Gasteiger charge is -2.23. The minimum Gasteiger partial charge on any atom is -0.337 e. The van der Waals surface area contributed by atoms with Crippen LogP contribution in [0.2, 0.25) is 5.15 Å². The van der Waals surface area contributed by atoms with Gasteiger partial charge in [-0.25, -0.2) is 9.37 Å². The number of nitrogens with one attached hydrogen (secondary N) is 1. The second kappa shape index (κ2) is 9.57. The van der Waals surface area contributed by atoms with Gasteiger partial charge in [-0.05, 0) is 54.7 Å². The molecule has 3 aromatic rings. The van der Waals surface area contributed by atoms with Crippen LogP contribution in [0.3, 0.4) is 0 Å². The Kier molecular flexibility index (Phi) is 6.57. The molecular formula is C26H23ClF4N4O2. The summed E-state index contributed by atoms with van der Waals surface area (Å²) < 4.78 is 57.0. The highest BCUT2D eigenvalue weighted by molar-refractivity contribution is 6.33. The molecule has 4 heterocycles. The fourth-order valence-electron chi connectivity index (χ4n) is 4.99. The lowest BCUT2D eigenvalue weighted by atomic mass is 9.94. The molecule has 11 heteroatoms. The van der Waals surface area contributed by atoms with Crippen molar-refractivity contribution in [2.45, 2.75) is 37.9 Å². The molecule has 1 aromatic carbocycles. The number of pyridine rings is 1. The molecule has 1 N–H and O–H groups in total. The van der Waals surface area contributed by atoms with Crippen LogP contribution < -0.4 is 5.32 Å². The summed E-state index contributed by atoms with van der Waals surface area (Å²) in [6.07, 6.45) is -0.794. The van der Waals surface area contributed by atoms with Crippen LogP contribution in [0.25, 0.3) is 11.2 Å². The first-order valence-electron chi connectivity index (χ1n) is 11.8. The van der Waals surface area contributed by atoms with Crippen molar-refractivity contribution in [3.05, 3.63) is 76.0 Å². The van der Waals surface area contributed by atoms with Crippen molar-refractivity contribution < 1.29 is 27.2 Å². The largest absolute Gasteiger partial charge is 0.420 e. The number of hydrogen-bond acceptors (Lipinski definition) is 4. The summed E-state index contributed by atoms with van der Waals surface area (Å²) in [5.74, 6) is -1.17. The van der Waals surface area contributed by atoms with Gasteiger partial charge in [0.15, 0.2) is 11.3 Å². The molecule has 0 spiro atoms. The van der Waals surface area contributed by atoms with E-state index in [4.69, 9.17) is 11.6 Å². The van der Waals surface area contributed by atoms with Gasteiger partial charge in [-0.2, -0.15) is 13.2 Å². The number of halogens is 5. The minimum atomic E-state index is -4.75. The highest BCUT2D eigenvalue weighted by Crippen LogP contribution is 2.38. The van der Waals surface area contributed by atoms with E-state index >= 15 is 0 Å². The molecule has 1 saturated heterocycles. The number of aromatic nitrogens is 2. The summed E-state index contributed by atoms with van der Waals surface area (Å²) in [6.45, 7) is 2.37. The maximum atomic E-state index is 14.1. The van der Waals surface area contributed by atoms with E-state index in [2.05, 4.69) is 10.3 Å². The number of Topliss-reactive ketones (excluding diaryl/α,β-unsaturated/α-hetero) is 1. The summed E-state index contributed by atoms with van der Waals surface area (Å²) >= 11 is 6.47. The third-order valence-corrected chi connectivity index (χ3v) is 7.32. The Hall–Kier alpha value is -3.24. The lowest BCUT2D eigenvalue weighted by Crippen LogP contribution is -2.38. The molecule has 0 radical (unpaired) electrons. The van der Waals surface area contributed by atoms with Gasteiger partial charge in [0, 0.05) is 31.7 Å². The van der Waals surface area contributed by atoms with Gasteiger partial charge in [-0.3, -0.25) is 14.0 Å². The van der Waals surface area contributed by atoms with Crippen LogP contribution in [0.15, 0.2) is 42.6 Å². The Morgan fingerprint density at radius 1 is 1.22 bits per heavy atom. The van der Waals surface area contributed by atoms with Gasteiger partial charge in [0.1, 0.15) is 16.8 Å². The van der Waals surface area contributed by atoms with Gasteiger partial charge < -0.3 is 10.2 Å². The van der Waals surface area contributed by atoms with Gasteiger partial charge in [0.2, 0.25) is 0 Å². The predicted octanol–water partition coefficient (Wildman–Crippen LogP) is 5.11. The molecule has 2 aromatic heterocycles. The third kappa shape index (κ3) is 4.87. The van der Waals surface area contributed by atoms with E-state index < -0.39 is 29.3 Å². The van der Waals surface area contributed by atoms with Gasteiger partial charge >= 0.3 is 6.18 Å². The van der Waals surface area contributed by atoms with Crippen LogP contribution in [-0.2, 0) is 11.0 Å². The Morgan fingerprint density at radius 2 is 2.00 bits per heavy atom. The number of nitrogens with zero attached hydrogens (tertiary/aromatic N) is 3. The second-order valence-corrected chi connectivity index (χ2v) is 9.74. The fourth-order valence-corrected chi connectivity index (χ4v) is 5.24. The quantitative estimate of drug-likeness (QED) is 0.472. The Bertz CT molecular complexity index is 1430. The lowest BCUT2D eigenvalue weighted by molar-refractivity contribution is -0.136. The first-order chi connectivity index (χ1) is 17.5. The molecule has 0 aliphatic carbocycles. The van der Waals surface area contributed by atoms with E-state index in [0.29, 0.717) is 25.1 Å². The number of carbonyl (C=O) groups is 2. The van der Waals surface area contributed by atoms with Gasteiger partial charge in [-0.1, -0.05) is 29.8 Å². The third-order valence-electron chi connectivity index (χ3n) is 6.96. The highest BCUT2D eigenvalue weighted by Gasteiger charge is 2.38. The van der Waals surface area contributed by atoms with E-state index in [9.17, 15) is 27.2 Å². The molecule has 37 heavy (non-hydrogen) atoms. The van der Waals surface area contributed by atoms with Gasteiger partial charge in [0.25, 0.3) is 5.91 Å². The number of amides is 1. The molecule has 1 amide bonds. The van der Waals surface area contributed by atoms with Crippen LogP contribution in [-0.4, -0.2) is 51.7 Å². The van der Waals surface area contributed by atoms with Crippen molar-refractivity contribution in [3.8, 4) is 0 Å². The molecule has 2 atom stereocenters. The van der Waals surface area contributed by atoms with E-state index in [-0.39, 0.29) is 46.9 Å². The average Bonchev–Trinajstić information content (AvgIpc) is 3.48. The number of rotatable bonds is 4. The zero-order chi connectivity index (χ0) is 26.5.